The Balaban J connectivity index is 0.00000288. The number of carbonyl (C=O) groups is 1. The summed E-state index contributed by atoms with van der Waals surface area (Å²) in [5, 5.41) is 6.72. The van der Waals surface area contributed by atoms with Crippen LogP contribution in [0, 0.1) is 6.92 Å². The zero-order valence-corrected chi connectivity index (χ0v) is 17.0. The summed E-state index contributed by atoms with van der Waals surface area (Å²) in [6.45, 7) is 6.28. The van der Waals surface area contributed by atoms with Gasteiger partial charge in [0, 0.05) is 51.0 Å². The van der Waals surface area contributed by atoms with Crippen LogP contribution in [0.15, 0.2) is 23.3 Å². The molecule has 1 atom stereocenters. The van der Waals surface area contributed by atoms with Crippen LogP contribution >= 0.6 is 24.0 Å². The molecule has 0 saturated carbocycles. The van der Waals surface area contributed by atoms with Crippen LogP contribution in [-0.4, -0.2) is 54.5 Å². The minimum absolute atomic E-state index is 0. The number of rotatable bonds is 5. The predicted octanol–water partition coefficient (Wildman–Crippen LogP) is 1.73. The Morgan fingerprint density at radius 3 is 2.88 bits per heavy atom. The second-order valence-corrected chi connectivity index (χ2v) is 5.88. The highest BCUT2D eigenvalue weighted by Crippen LogP contribution is 2.10. The molecule has 0 aliphatic carbocycles. The van der Waals surface area contributed by atoms with Gasteiger partial charge in [0.2, 0.25) is 5.91 Å². The summed E-state index contributed by atoms with van der Waals surface area (Å²) in [5.74, 6) is 1.02. The lowest BCUT2D eigenvalue weighted by molar-refractivity contribution is -0.129. The third-order valence-electron chi connectivity index (χ3n) is 4.09. The van der Waals surface area contributed by atoms with E-state index in [2.05, 4.69) is 26.7 Å². The van der Waals surface area contributed by atoms with Crippen molar-refractivity contribution >= 4 is 35.8 Å². The summed E-state index contributed by atoms with van der Waals surface area (Å²) in [7, 11) is 1.77. The average molecular weight is 445 g/mol. The number of pyridine rings is 1. The minimum atomic E-state index is 0. The van der Waals surface area contributed by atoms with Crippen LogP contribution in [0.5, 0.6) is 0 Å². The molecule has 1 amide bonds. The molecule has 1 aliphatic rings. The fraction of sp³-hybridized carbons (Fsp3) is 0.588. The standard InChI is InChI=1S/C17H27N5O.HI/c1-4-16(23)22-10-8-15(12-22)21-17(18-3)19-9-7-14-6-5-13(2)20-11-14;/h5-6,11,15H,4,7-10,12H2,1-3H3,(H2,18,19,21);1H. The van der Waals surface area contributed by atoms with Gasteiger partial charge in [-0.1, -0.05) is 13.0 Å². The minimum Gasteiger partial charge on any atom is -0.356 e. The van der Waals surface area contributed by atoms with Gasteiger partial charge in [-0.25, -0.2) is 0 Å². The highest BCUT2D eigenvalue weighted by Gasteiger charge is 2.25. The number of amides is 1. The van der Waals surface area contributed by atoms with Gasteiger partial charge in [-0.3, -0.25) is 14.8 Å². The zero-order chi connectivity index (χ0) is 16.7. The Kier molecular flexibility index (Phi) is 9.02. The van der Waals surface area contributed by atoms with E-state index in [4.69, 9.17) is 0 Å². The van der Waals surface area contributed by atoms with Gasteiger partial charge in [-0.2, -0.15) is 0 Å². The number of likely N-dealkylation sites (tertiary alicyclic amines) is 1. The van der Waals surface area contributed by atoms with Crippen LogP contribution in [0.2, 0.25) is 0 Å². The van der Waals surface area contributed by atoms with E-state index in [0.717, 1.165) is 44.1 Å². The van der Waals surface area contributed by atoms with E-state index in [9.17, 15) is 4.79 Å². The van der Waals surface area contributed by atoms with E-state index in [0.29, 0.717) is 6.42 Å². The molecule has 0 aromatic carbocycles. The first-order valence-corrected chi connectivity index (χ1v) is 8.29. The molecule has 1 aromatic heterocycles. The lowest BCUT2D eigenvalue weighted by Crippen LogP contribution is -2.45. The molecule has 2 N–H and O–H groups in total. The SMILES string of the molecule is CCC(=O)N1CCC(NC(=NC)NCCc2ccc(C)nc2)C1.I. The highest BCUT2D eigenvalue weighted by atomic mass is 127. The van der Waals surface area contributed by atoms with Crippen molar-refractivity contribution in [3.63, 3.8) is 0 Å². The summed E-state index contributed by atoms with van der Waals surface area (Å²) >= 11 is 0. The average Bonchev–Trinajstić information content (AvgIpc) is 3.03. The number of aryl methyl sites for hydroxylation is 1. The van der Waals surface area contributed by atoms with Crippen molar-refractivity contribution in [2.75, 3.05) is 26.7 Å². The van der Waals surface area contributed by atoms with Gasteiger partial charge in [-0.05, 0) is 31.4 Å². The van der Waals surface area contributed by atoms with Gasteiger partial charge < -0.3 is 15.5 Å². The van der Waals surface area contributed by atoms with E-state index in [1.165, 1.54) is 5.56 Å². The van der Waals surface area contributed by atoms with Crippen molar-refractivity contribution in [1.29, 1.82) is 0 Å². The Bertz CT molecular complexity index is 546. The Hall–Kier alpha value is -1.38. The fourth-order valence-corrected chi connectivity index (χ4v) is 2.69. The highest BCUT2D eigenvalue weighted by molar-refractivity contribution is 14.0. The molecule has 134 valence electrons. The van der Waals surface area contributed by atoms with Crippen LogP contribution in [0.4, 0.5) is 0 Å². The molecule has 0 radical (unpaired) electrons. The fourth-order valence-electron chi connectivity index (χ4n) is 2.69. The van der Waals surface area contributed by atoms with Gasteiger partial charge in [0.25, 0.3) is 0 Å². The molecule has 2 rings (SSSR count). The lowest BCUT2D eigenvalue weighted by atomic mass is 10.2. The van der Waals surface area contributed by atoms with Crippen molar-refractivity contribution in [1.82, 2.24) is 20.5 Å². The van der Waals surface area contributed by atoms with Gasteiger partial charge in [-0.15, -0.1) is 24.0 Å². The number of hydrogen-bond acceptors (Lipinski definition) is 3. The normalized spacial score (nSPS) is 17.4. The molecule has 1 aliphatic heterocycles. The third kappa shape index (κ3) is 6.26. The van der Waals surface area contributed by atoms with E-state index >= 15 is 0 Å². The monoisotopic (exact) mass is 445 g/mol. The molecule has 1 saturated heterocycles. The molecule has 1 aromatic rings. The molecule has 2 heterocycles. The first kappa shape index (κ1) is 20.7. The Labute approximate surface area is 161 Å². The smallest absolute Gasteiger partial charge is 0.222 e. The second-order valence-electron chi connectivity index (χ2n) is 5.88. The van der Waals surface area contributed by atoms with Gasteiger partial charge in [0.1, 0.15) is 0 Å². The maximum atomic E-state index is 11.7. The number of aromatic nitrogens is 1. The summed E-state index contributed by atoms with van der Waals surface area (Å²) in [6.07, 6.45) is 4.36. The molecule has 6 nitrogen and oxygen atoms in total. The number of guanidine groups is 1. The number of hydrogen-bond donors (Lipinski definition) is 2. The summed E-state index contributed by atoms with van der Waals surface area (Å²) in [4.78, 5) is 22.2. The molecular weight excluding hydrogens is 417 g/mol. The van der Waals surface area contributed by atoms with Crippen molar-refractivity contribution < 1.29 is 4.79 Å². The summed E-state index contributed by atoms with van der Waals surface area (Å²) in [5.41, 5.74) is 2.24. The quantitative estimate of drug-likeness (QED) is 0.412. The summed E-state index contributed by atoms with van der Waals surface area (Å²) in [6, 6.07) is 4.41. The van der Waals surface area contributed by atoms with E-state index < -0.39 is 0 Å². The third-order valence-corrected chi connectivity index (χ3v) is 4.09. The van der Waals surface area contributed by atoms with Crippen molar-refractivity contribution in [3.8, 4) is 0 Å². The van der Waals surface area contributed by atoms with Crippen molar-refractivity contribution in [3.05, 3.63) is 29.6 Å². The number of carbonyl (C=O) groups excluding carboxylic acids is 1. The van der Waals surface area contributed by atoms with Crippen LogP contribution in [-0.2, 0) is 11.2 Å². The van der Waals surface area contributed by atoms with Gasteiger partial charge in [0.15, 0.2) is 5.96 Å². The zero-order valence-electron chi connectivity index (χ0n) is 14.7. The number of nitrogens with zero attached hydrogens (tertiary/aromatic N) is 3. The first-order chi connectivity index (χ1) is 11.1. The summed E-state index contributed by atoms with van der Waals surface area (Å²) < 4.78 is 0. The van der Waals surface area contributed by atoms with Crippen LogP contribution in [0.3, 0.4) is 0 Å². The van der Waals surface area contributed by atoms with E-state index in [1.54, 1.807) is 7.05 Å². The predicted molar refractivity (Wildman–Crippen MR) is 108 cm³/mol. The lowest BCUT2D eigenvalue weighted by Gasteiger charge is -2.18. The maximum Gasteiger partial charge on any atom is 0.222 e. The molecule has 0 spiro atoms. The Morgan fingerprint density at radius 2 is 2.25 bits per heavy atom. The second kappa shape index (κ2) is 10.5. The molecule has 7 heteroatoms. The van der Waals surface area contributed by atoms with E-state index in [-0.39, 0.29) is 35.9 Å². The van der Waals surface area contributed by atoms with Gasteiger partial charge in [0.05, 0.1) is 0 Å². The number of nitrogens with one attached hydrogen (secondary N) is 2. The van der Waals surface area contributed by atoms with Gasteiger partial charge >= 0.3 is 0 Å². The molecular formula is C17H28IN5O. The van der Waals surface area contributed by atoms with Crippen LogP contribution < -0.4 is 10.6 Å². The largest absolute Gasteiger partial charge is 0.356 e. The topological polar surface area (TPSA) is 69.6 Å². The van der Waals surface area contributed by atoms with Crippen molar-refractivity contribution in [2.45, 2.75) is 39.2 Å². The molecule has 0 bridgehead atoms. The first-order valence-electron chi connectivity index (χ1n) is 8.29. The Morgan fingerprint density at radius 1 is 1.46 bits per heavy atom. The molecule has 1 unspecified atom stereocenters. The van der Waals surface area contributed by atoms with Crippen LogP contribution in [0.1, 0.15) is 31.0 Å². The maximum absolute atomic E-state index is 11.7. The van der Waals surface area contributed by atoms with Crippen LogP contribution in [0.25, 0.3) is 0 Å². The van der Waals surface area contributed by atoms with Crippen molar-refractivity contribution in [2.24, 2.45) is 4.99 Å². The molecule has 1 fully saturated rings. The van der Waals surface area contributed by atoms with E-state index in [1.807, 2.05) is 31.0 Å². The number of aliphatic imine (C=N–C) groups is 1. The molecule has 24 heavy (non-hydrogen) atoms. The number of halogens is 1.